The summed E-state index contributed by atoms with van der Waals surface area (Å²) in [7, 11) is 1.60. The third kappa shape index (κ3) is 5.38. The summed E-state index contributed by atoms with van der Waals surface area (Å²) in [5.41, 5.74) is 3.58. The summed E-state index contributed by atoms with van der Waals surface area (Å²) in [4.78, 5) is 22.9. The van der Waals surface area contributed by atoms with Gasteiger partial charge < -0.3 is 18.5 Å². The van der Waals surface area contributed by atoms with Crippen LogP contribution < -0.4 is 4.74 Å². The highest BCUT2D eigenvalue weighted by molar-refractivity contribution is 5.98. The van der Waals surface area contributed by atoms with Crippen molar-refractivity contribution in [2.45, 2.75) is 20.5 Å². The van der Waals surface area contributed by atoms with Gasteiger partial charge in [-0.1, -0.05) is 0 Å². The van der Waals surface area contributed by atoms with Crippen LogP contribution in [0.5, 0.6) is 5.75 Å². The minimum absolute atomic E-state index is 0.0108. The average Bonchev–Trinajstić information content (AvgIpc) is 3.49. The molecular formula is C26H21N5O6. The molecule has 0 aliphatic heterocycles. The van der Waals surface area contributed by atoms with Crippen molar-refractivity contribution in [2.75, 3.05) is 7.11 Å². The molecule has 0 saturated heterocycles. The number of non-ortho nitro benzene ring substituents is 1. The van der Waals surface area contributed by atoms with Gasteiger partial charge in [-0.25, -0.2) is 4.79 Å². The molecule has 0 atom stereocenters. The molecule has 2 aromatic carbocycles. The minimum atomic E-state index is -0.841. The lowest BCUT2D eigenvalue weighted by Crippen LogP contribution is -2.07. The van der Waals surface area contributed by atoms with Gasteiger partial charge in [0.15, 0.2) is 6.61 Å². The summed E-state index contributed by atoms with van der Waals surface area (Å²) in [5.74, 6) is 0.0217. The summed E-state index contributed by atoms with van der Waals surface area (Å²) in [6, 6.07) is 16.9. The molecule has 0 unspecified atom stereocenters. The molecule has 11 heteroatoms. The van der Waals surface area contributed by atoms with E-state index in [0.717, 1.165) is 22.8 Å². The lowest BCUT2D eigenvalue weighted by molar-refractivity contribution is -0.384. The molecule has 186 valence electrons. The zero-order valence-corrected chi connectivity index (χ0v) is 20.2. The Morgan fingerprint density at radius 2 is 1.86 bits per heavy atom. The summed E-state index contributed by atoms with van der Waals surface area (Å²) >= 11 is 0. The second-order valence-electron chi connectivity index (χ2n) is 7.91. The fraction of sp³-hybridized carbons (Fsp3) is 0.154. The van der Waals surface area contributed by atoms with Crippen LogP contribution in [-0.4, -0.2) is 32.8 Å². The Bertz CT molecular complexity index is 1530. The van der Waals surface area contributed by atoms with Crippen LogP contribution in [0.2, 0.25) is 0 Å². The number of hydrogen-bond donors (Lipinski definition) is 0. The van der Waals surface area contributed by atoms with E-state index in [1.54, 1.807) is 7.11 Å². The summed E-state index contributed by atoms with van der Waals surface area (Å²) in [6.45, 7) is 3.47. The first kappa shape index (κ1) is 24.9. The van der Waals surface area contributed by atoms with Crippen LogP contribution >= 0.6 is 0 Å². The maximum atomic E-state index is 12.6. The van der Waals surface area contributed by atoms with Crippen molar-refractivity contribution in [3.63, 3.8) is 0 Å². The molecule has 0 aliphatic rings. The van der Waals surface area contributed by atoms with Crippen LogP contribution in [0.25, 0.3) is 23.2 Å². The molecule has 4 rings (SSSR count). The van der Waals surface area contributed by atoms with Gasteiger partial charge in [0.25, 0.3) is 11.6 Å². The molecule has 0 saturated carbocycles. The van der Waals surface area contributed by atoms with Gasteiger partial charge in [0.1, 0.15) is 17.4 Å². The normalized spacial score (nSPS) is 11.1. The summed E-state index contributed by atoms with van der Waals surface area (Å²) < 4.78 is 17.9. The highest BCUT2D eigenvalue weighted by Crippen LogP contribution is 2.25. The molecule has 0 aliphatic carbocycles. The number of nitro benzene ring substituents is 1. The molecule has 0 fully saturated rings. The van der Waals surface area contributed by atoms with Gasteiger partial charge in [0.05, 0.1) is 12.0 Å². The number of benzene rings is 2. The molecule has 0 radical (unpaired) electrons. The SMILES string of the molecule is COc1ccc(-n2c(C)cc(/C=C(\C#N)C(=O)OCc3nnc(-c4ccc([N+](=O)[O-])cc4)o3)c2C)cc1. The van der Waals surface area contributed by atoms with Crippen LogP contribution in [0.4, 0.5) is 5.69 Å². The predicted octanol–water partition coefficient (Wildman–Crippen LogP) is 4.71. The molecule has 37 heavy (non-hydrogen) atoms. The van der Waals surface area contributed by atoms with Crippen molar-refractivity contribution in [3.05, 3.63) is 93.1 Å². The Balaban J connectivity index is 1.47. The first-order chi connectivity index (χ1) is 17.8. The highest BCUT2D eigenvalue weighted by atomic mass is 16.6. The molecular weight excluding hydrogens is 478 g/mol. The molecule has 0 spiro atoms. The zero-order valence-electron chi connectivity index (χ0n) is 20.2. The number of hydrogen-bond acceptors (Lipinski definition) is 9. The van der Waals surface area contributed by atoms with Gasteiger partial charge in [-0.15, -0.1) is 10.2 Å². The number of nitrogens with zero attached hydrogens (tertiary/aromatic N) is 5. The van der Waals surface area contributed by atoms with Gasteiger partial charge in [0.2, 0.25) is 5.89 Å². The Kier molecular flexibility index (Phi) is 7.11. The smallest absolute Gasteiger partial charge is 0.349 e. The largest absolute Gasteiger partial charge is 0.497 e. The maximum absolute atomic E-state index is 12.6. The molecule has 4 aromatic rings. The van der Waals surface area contributed by atoms with E-state index < -0.39 is 10.9 Å². The lowest BCUT2D eigenvalue weighted by Gasteiger charge is -2.10. The van der Waals surface area contributed by atoms with Crippen LogP contribution in [-0.2, 0) is 16.1 Å². The summed E-state index contributed by atoms with van der Waals surface area (Å²) in [5, 5.41) is 28.1. The first-order valence-corrected chi connectivity index (χ1v) is 11.0. The topological polar surface area (TPSA) is 146 Å². The van der Waals surface area contributed by atoms with Crippen LogP contribution in [0, 0.1) is 35.3 Å². The van der Waals surface area contributed by atoms with Crippen molar-refractivity contribution in [2.24, 2.45) is 0 Å². The molecule has 2 heterocycles. The number of carbonyl (C=O) groups is 1. The zero-order chi connectivity index (χ0) is 26.5. The Hall–Kier alpha value is -5.24. The molecule has 0 bridgehead atoms. The lowest BCUT2D eigenvalue weighted by atomic mass is 10.1. The van der Waals surface area contributed by atoms with Gasteiger partial charge in [-0.2, -0.15) is 5.26 Å². The Labute approximate surface area is 211 Å². The van der Waals surface area contributed by atoms with E-state index in [1.165, 1.54) is 30.3 Å². The van der Waals surface area contributed by atoms with Gasteiger partial charge in [-0.3, -0.25) is 10.1 Å². The van der Waals surface area contributed by atoms with Gasteiger partial charge in [0, 0.05) is 34.8 Å². The number of nitro groups is 1. The third-order valence-corrected chi connectivity index (χ3v) is 5.56. The standard InChI is InChI=1S/C26H21N5O6/c1-16-12-19(17(2)30(16)21-8-10-23(35-3)11-9-21)13-20(14-27)26(32)36-15-24-28-29-25(37-24)18-4-6-22(7-5-18)31(33)34/h4-13H,15H2,1-3H3/b20-13+. The Morgan fingerprint density at radius 1 is 1.16 bits per heavy atom. The number of carbonyl (C=O) groups excluding carboxylic acids is 1. The van der Waals surface area contributed by atoms with E-state index in [-0.39, 0.29) is 29.6 Å². The Morgan fingerprint density at radius 3 is 2.49 bits per heavy atom. The number of methoxy groups -OCH3 is 1. The van der Waals surface area contributed by atoms with E-state index in [9.17, 15) is 20.2 Å². The van der Waals surface area contributed by atoms with Gasteiger partial charge in [-0.05, 0) is 68.0 Å². The molecule has 2 aromatic heterocycles. The van der Waals surface area contributed by atoms with Crippen LogP contribution in [0.3, 0.4) is 0 Å². The molecule has 11 nitrogen and oxygen atoms in total. The predicted molar refractivity (Wildman–Crippen MR) is 132 cm³/mol. The van der Waals surface area contributed by atoms with Crippen molar-refractivity contribution >= 4 is 17.7 Å². The van der Waals surface area contributed by atoms with Crippen molar-refractivity contribution < 1.29 is 23.6 Å². The minimum Gasteiger partial charge on any atom is -0.497 e. The number of aromatic nitrogens is 3. The number of ether oxygens (including phenoxy) is 2. The molecule has 0 N–H and O–H groups in total. The van der Waals surface area contributed by atoms with E-state index in [1.807, 2.05) is 54.8 Å². The number of esters is 1. The monoisotopic (exact) mass is 499 g/mol. The van der Waals surface area contributed by atoms with Gasteiger partial charge >= 0.3 is 5.97 Å². The van der Waals surface area contributed by atoms with Crippen molar-refractivity contribution in [1.29, 1.82) is 5.26 Å². The molecule has 0 amide bonds. The number of rotatable bonds is 8. The van der Waals surface area contributed by atoms with E-state index in [2.05, 4.69) is 10.2 Å². The second-order valence-corrected chi connectivity index (χ2v) is 7.91. The number of aryl methyl sites for hydroxylation is 1. The average molecular weight is 499 g/mol. The third-order valence-electron chi connectivity index (χ3n) is 5.56. The first-order valence-electron chi connectivity index (χ1n) is 11.0. The van der Waals surface area contributed by atoms with E-state index in [0.29, 0.717) is 11.1 Å². The number of nitriles is 1. The van der Waals surface area contributed by atoms with E-state index >= 15 is 0 Å². The fourth-order valence-corrected chi connectivity index (χ4v) is 3.71. The highest BCUT2D eigenvalue weighted by Gasteiger charge is 2.17. The second kappa shape index (κ2) is 10.6. The quantitative estimate of drug-likeness (QED) is 0.110. The maximum Gasteiger partial charge on any atom is 0.349 e. The summed E-state index contributed by atoms with van der Waals surface area (Å²) in [6.07, 6.45) is 1.47. The van der Waals surface area contributed by atoms with Crippen molar-refractivity contribution in [1.82, 2.24) is 14.8 Å². The van der Waals surface area contributed by atoms with Crippen LogP contribution in [0.15, 0.2) is 64.6 Å². The van der Waals surface area contributed by atoms with Crippen LogP contribution in [0.1, 0.15) is 22.8 Å². The van der Waals surface area contributed by atoms with Crippen molar-refractivity contribution in [3.8, 4) is 29.0 Å². The van der Waals surface area contributed by atoms with E-state index in [4.69, 9.17) is 13.9 Å². The fourth-order valence-electron chi connectivity index (χ4n) is 3.71.